The summed E-state index contributed by atoms with van der Waals surface area (Å²) in [5.74, 6) is 0.522. The number of hydrogen-bond donors (Lipinski definition) is 2. The summed E-state index contributed by atoms with van der Waals surface area (Å²) in [7, 11) is 0. The zero-order valence-corrected chi connectivity index (χ0v) is 11.5. The summed E-state index contributed by atoms with van der Waals surface area (Å²) in [5.41, 5.74) is 1.99. The van der Waals surface area contributed by atoms with Crippen LogP contribution >= 0.6 is 0 Å². The van der Waals surface area contributed by atoms with E-state index < -0.39 is 5.97 Å². The number of para-hydroxylation sites is 1. The van der Waals surface area contributed by atoms with Crippen molar-refractivity contribution in [3.8, 4) is 0 Å². The number of carbonyl (C=O) groups is 1. The average molecular weight is 270 g/mol. The van der Waals surface area contributed by atoms with Gasteiger partial charge in [0, 0.05) is 11.4 Å². The van der Waals surface area contributed by atoms with Crippen molar-refractivity contribution in [1.82, 2.24) is 4.98 Å². The predicted molar refractivity (Wildman–Crippen MR) is 78.9 cm³/mol. The van der Waals surface area contributed by atoms with Gasteiger partial charge in [0.25, 0.3) is 0 Å². The molecule has 2 aromatic rings. The Morgan fingerprint density at radius 3 is 2.90 bits per heavy atom. The fourth-order valence-corrected chi connectivity index (χ4v) is 2.57. The molecular formula is C16H18N2O2. The molecule has 1 aromatic heterocycles. The van der Waals surface area contributed by atoms with Gasteiger partial charge in [0.2, 0.25) is 0 Å². The van der Waals surface area contributed by atoms with Gasteiger partial charge in [-0.25, -0.2) is 4.98 Å². The van der Waals surface area contributed by atoms with E-state index in [1.54, 1.807) is 0 Å². The van der Waals surface area contributed by atoms with Crippen molar-refractivity contribution in [2.45, 2.75) is 32.2 Å². The molecule has 0 amide bonds. The highest BCUT2D eigenvalue weighted by atomic mass is 16.4. The third kappa shape index (κ3) is 2.74. The maximum atomic E-state index is 11.0. The minimum absolute atomic E-state index is 0.0140. The third-order valence-electron chi connectivity index (χ3n) is 3.82. The minimum atomic E-state index is -0.757. The smallest absolute Gasteiger partial charge is 0.305 e. The molecule has 1 unspecified atom stereocenters. The molecule has 3 rings (SSSR count). The van der Waals surface area contributed by atoms with E-state index in [1.807, 2.05) is 31.2 Å². The molecule has 1 aliphatic rings. The molecule has 1 fully saturated rings. The van der Waals surface area contributed by atoms with Gasteiger partial charge in [-0.15, -0.1) is 0 Å². The first-order chi connectivity index (χ1) is 9.63. The number of rotatable bonds is 5. The second kappa shape index (κ2) is 5.12. The van der Waals surface area contributed by atoms with Crippen molar-refractivity contribution in [2.24, 2.45) is 5.92 Å². The van der Waals surface area contributed by atoms with E-state index in [0.29, 0.717) is 5.92 Å². The highest BCUT2D eigenvalue weighted by molar-refractivity contribution is 5.81. The summed E-state index contributed by atoms with van der Waals surface area (Å²) < 4.78 is 0. The van der Waals surface area contributed by atoms with Crippen LogP contribution in [0.15, 0.2) is 30.3 Å². The number of aryl methyl sites for hydroxylation is 1. The second-order valence-corrected chi connectivity index (χ2v) is 5.53. The van der Waals surface area contributed by atoms with Gasteiger partial charge in [-0.2, -0.15) is 0 Å². The lowest BCUT2D eigenvalue weighted by Crippen LogP contribution is -2.26. The number of carboxylic acid groups (broad SMARTS) is 1. The Labute approximate surface area is 117 Å². The molecule has 0 spiro atoms. The molecule has 2 N–H and O–H groups in total. The summed E-state index contributed by atoms with van der Waals surface area (Å²) in [4.78, 5) is 15.6. The number of carboxylic acids is 1. The molecule has 0 aliphatic heterocycles. The monoisotopic (exact) mass is 270 g/mol. The predicted octanol–water partition coefficient (Wildman–Crippen LogP) is 3.21. The van der Waals surface area contributed by atoms with Crippen molar-refractivity contribution in [3.05, 3.63) is 35.9 Å². The van der Waals surface area contributed by atoms with Crippen molar-refractivity contribution in [1.29, 1.82) is 0 Å². The van der Waals surface area contributed by atoms with Gasteiger partial charge in [0.1, 0.15) is 5.82 Å². The van der Waals surface area contributed by atoms with Gasteiger partial charge in [-0.1, -0.05) is 18.2 Å². The fourth-order valence-electron chi connectivity index (χ4n) is 2.57. The van der Waals surface area contributed by atoms with Gasteiger partial charge in [0.05, 0.1) is 11.9 Å². The van der Waals surface area contributed by atoms with Crippen LogP contribution in [0, 0.1) is 12.8 Å². The molecule has 104 valence electrons. The average Bonchev–Trinajstić information content (AvgIpc) is 3.22. The number of anilines is 1. The first-order valence-corrected chi connectivity index (χ1v) is 6.98. The fraction of sp³-hybridized carbons (Fsp3) is 0.375. The van der Waals surface area contributed by atoms with E-state index in [-0.39, 0.29) is 12.5 Å². The number of nitrogens with one attached hydrogen (secondary N) is 1. The molecule has 0 bridgehead atoms. The molecular weight excluding hydrogens is 252 g/mol. The van der Waals surface area contributed by atoms with Gasteiger partial charge < -0.3 is 10.4 Å². The number of benzene rings is 1. The Bertz CT molecular complexity index is 650. The first-order valence-electron chi connectivity index (χ1n) is 6.98. The largest absolute Gasteiger partial charge is 0.481 e. The molecule has 1 heterocycles. The van der Waals surface area contributed by atoms with Crippen LogP contribution in [0.1, 0.15) is 24.8 Å². The summed E-state index contributed by atoms with van der Waals surface area (Å²) in [5, 5.41) is 13.5. The molecule has 1 aliphatic carbocycles. The van der Waals surface area contributed by atoms with Crippen molar-refractivity contribution >= 4 is 22.7 Å². The quantitative estimate of drug-likeness (QED) is 0.875. The molecule has 0 saturated heterocycles. The van der Waals surface area contributed by atoms with E-state index in [0.717, 1.165) is 35.1 Å². The molecule has 20 heavy (non-hydrogen) atoms. The molecule has 1 aromatic carbocycles. The Morgan fingerprint density at radius 2 is 2.20 bits per heavy atom. The van der Waals surface area contributed by atoms with Crippen molar-refractivity contribution in [2.75, 3.05) is 5.32 Å². The van der Waals surface area contributed by atoms with Crippen LogP contribution in [0.3, 0.4) is 0 Å². The standard InChI is InChI=1S/C16H18N2O2/c1-10-8-12-4-2-3-5-13(12)17-16(10)18-14(9-15(19)20)11-6-7-11/h2-5,8,11,14H,6-7,9H2,1H3,(H,17,18)(H,19,20). The van der Waals surface area contributed by atoms with Crippen LogP contribution < -0.4 is 5.32 Å². The maximum absolute atomic E-state index is 11.0. The van der Waals surface area contributed by atoms with Crippen molar-refractivity contribution < 1.29 is 9.90 Å². The first kappa shape index (κ1) is 12.9. The number of pyridine rings is 1. The Hall–Kier alpha value is -2.10. The molecule has 4 nitrogen and oxygen atoms in total. The molecule has 4 heteroatoms. The summed E-state index contributed by atoms with van der Waals surface area (Å²) >= 11 is 0. The summed E-state index contributed by atoms with van der Waals surface area (Å²) in [6, 6.07) is 10.0. The lowest BCUT2D eigenvalue weighted by molar-refractivity contribution is -0.137. The second-order valence-electron chi connectivity index (χ2n) is 5.53. The summed E-state index contributed by atoms with van der Waals surface area (Å²) in [6.07, 6.45) is 2.37. The lowest BCUT2D eigenvalue weighted by atomic mass is 10.1. The van der Waals surface area contributed by atoms with Gasteiger partial charge in [-0.3, -0.25) is 4.79 Å². The molecule has 1 saturated carbocycles. The van der Waals surface area contributed by atoms with Crippen LogP contribution in [-0.2, 0) is 4.79 Å². The number of fused-ring (bicyclic) bond motifs is 1. The topological polar surface area (TPSA) is 62.2 Å². The number of hydrogen-bond acceptors (Lipinski definition) is 3. The number of aromatic nitrogens is 1. The molecule has 1 atom stereocenters. The zero-order chi connectivity index (χ0) is 14.1. The third-order valence-corrected chi connectivity index (χ3v) is 3.82. The normalized spacial score (nSPS) is 16.1. The highest BCUT2D eigenvalue weighted by Crippen LogP contribution is 2.36. The minimum Gasteiger partial charge on any atom is -0.481 e. The van der Waals surface area contributed by atoms with Crippen molar-refractivity contribution in [3.63, 3.8) is 0 Å². The van der Waals surface area contributed by atoms with Gasteiger partial charge >= 0.3 is 5.97 Å². The van der Waals surface area contributed by atoms with Gasteiger partial charge in [-0.05, 0) is 43.4 Å². The zero-order valence-electron chi connectivity index (χ0n) is 11.5. The van der Waals surface area contributed by atoms with E-state index in [2.05, 4.69) is 16.4 Å². The van der Waals surface area contributed by atoms with Gasteiger partial charge in [0.15, 0.2) is 0 Å². The van der Waals surface area contributed by atoms with E-state index in [1.165, 1.54) is 0 Å². The SMILES string of the molecule is Cc1cc2ccccc2nc1NC(CC(=O)O)C1CC1. The lowest BCUT2D eigenvalue weighted by Gasteiger charge is -2.18. The molecule has 0 radical (unpaired) electrons. The Balaban J connectivity index is 1.88. The van der Waals surface area contributed by atoms with Crippen LogP contribution in [-0.4, -0.2) is 22.1 Å². The van der Waals surface area contributed by atoms with Crippen LogP contribution in [0.5, 0.6) is 0 Å². The van der Waals surface area contributed by atoms with Crippen LogP contribution in [0.4, 0.5) is 5.82 Å². The van der Waals surface area contributed by atoms with E-state index in [4.69, 9.17) is 5.11 Å². The number of nitrogens with zero attached hydrogens (tertiary/aromatic N) is 1. The van der Waals surface area contributed by atoms with Crippen LogP contribution in [0.2, 0.25) is 0 Å². The number of aliphatic carboxylic acids is 1. The van der Waals surface area contributed by atoms with E-state index in [9.17, 15) is 4.79 Å². The summed E-state index contributed by atoms with van der Waals surface area (Å²) in [6.45, 7) is 2.01. The van der Waals surface area contributed by atoms with E-state index >= 15 is 0 Å². The Kier molecular flexibility index (Phi) is 3.30. The van der Waals surface area contributed by atoms with Crippen LogP contribution in [0.25, 0.3) is 10.9 Å². The Morgan fingerprint density at radius 1 is 1.45 bits per heavy atom. The highest BCUT2D eigenvalue weighted by Gasteiger charge is 2.33. The maximum Gasteiger partial charge on any atom is 0.305 e.